The summed E-state index contributed by atoms with van der Waals surface area (Å²) in [5.41, 5.74) is 2.51. The third kappa shape index (κ3) is 1.72. The number of aryl methyl sites for hydroxylation is 2. The normalized spacial score (nSPS) is 10.0. The topological polar surface area (TPSA) is 9.23 Å². The van der Waals surface area contributed by atoms with Crippen LogP contribution in [0.15, 0.2) is 12.1 Å². The molecule has 66 valence electrons. The summed E-state index contributed by atoms with van der Waals surface area (Å²) in [5.74, 6) is 0.763. The molecule has 0 heterocycles. The number of ether oxygens (including phenoxy) is 1. The summed E-state index contributed by atoms with van der Waals surface area (Å²) in [5, 5.41) is 0.687. The van der Waals surface area contributed by atoms with E-state index in [1.165, 1.54) is 11.1 Å². The van der Waals surface area contributed by atoms with E-state index in [-0.39, 0.29) is 0 Å². The molecule has 0 spiro atoms. The van der Waals surface area contributed by atoms with Crippen molar-refractivity contribution < 1.29 is 4.74 Å². The Morgan fingerprint density at radius 3 is 2.58 bits per heavy atom. The Labute approximate surface area is 78.3 Å². The Morgan fingerprint density at radius 1 is 1.42 bits per heavy atom. The predicted octanol–water partition coefficient (Wildman–Crippen LogP) is 3.22. The summed E-state index contributed by atoms with van der Waals surface area (Å²) in [6, 6.07) is 3.94. The van der Waals surface area contributed by atoms with Crippen LogP contribution in [0.2, 0.25) is 5.02 Å². The summed E-state index contributed by atoms with van der Waals surface area (Å²) in [7, 11) is 1.63. The molecule has 0 aromatic heterocycles. The Bertz CT molecular complexity index is 256. The van der Waals surface area contributed by atoms with E-state index in [1.807, 2.05) is 12.1 Å². The molecule has 1 nitrogen and oxygen atoms in total. The summed E-state index contributed by atoms with van der Waals surface area (Å²) < 4.78 is 5.11. The van der Waals surface area contributed by atoms with Gasteiger partial charge in [0.1, 0.15) is 5.75 Å². The van der Waals surface area contributed by atoms with Gasteiger partial charge in [0.05, 0.1) is 12.1 Å². The average molecular weight is 185 g/mol. The first-order chi connectivity index (χ1) is 5.69. The van der Waals surface area contributed by atoms with Crippen molar-refractivity contribution in [2.24, 2.45) is 0 Å². The van der Waals surface area contributed by atoms with Crippen LogP contribution in [0.5, 0.6) is 5.75 Å². The minimum Gasteiger partial charge on any atom is -0.495 e. The lowest BCUT2D eigenvalue weighted by molar-refractivity contribution is 0.414. The minimum atomic E-state index is 0.687. The van der Waals surface area contributed by atoms with Gasteiger partial charge in [-0.25, -0.2) is 0 Å². The molecule has 0 saturated heterocycles. The first-order valence-corrected chi connectivity index (χ1v) is 4.39. The quantitative estimate of drug-likeness (QED) is 0.686. The highest BCUT2D eigenvalue weighted by Crippen LogP contribution is 2.27. The molecule has 1 rings (SSSR count). The van der Waals surface area contributed by atoms with Crippen molar-refractivity contribution in [2.75, 3.05) is 7.11 Å². The first-order valence-electron chi connectivity index (χ1n) is 4.02. The van der Waals surface area contributed by atoms with Gasteiger partial charge in [-0.15, -0.1) is 0 Å². The molecule has 0 radical (unpaired) electrons. The predicted molar refractivity (Wildman–Crippen MR) is 52.1 cm³/mol. The van der Waals surface area contributed by atoms with Crippen molar-refractivity contribution in [1.82, 2.24) is 0 Å². The second-order valence-electron chi connectivity index (χ2n) is 2.77. The van der Waals surface area contributed by atoms with Crippen LogP contribution >= 0.6 is 11.6 Å². The zero-order valence-electron chi connectivity index (χ0n) is 7.65. The molecule has 0 N–H and O–H groups in total. The van der Waals surface area contributed by atoms with E-state index >= 15 is 0 Å². The lowest BCUT2D eigenvalue weighted by Gasteiger charge is -2.08. The number of benzene rings is 1. The van der Waals surface area contributed by atoms with Crippen LogP contribution in [0.3, 0.4) is 0 Å². The van der Waals surface area contributed by atoms with Crippen molar-refractivity contribution >= 4 is 11.6 Å². The van der Waals surface area contributed by atoms with Crippen LogP contribution in [0.4, 0.5) is 0 Å². The molecule has 0 bridgehead atoms. The Morgan fingerprint density at radius 2 is 2.08 bits per heavy atom. The number of halogens is 1. The fourth-order valence-corrected chi connectivity index (χ4v) is 1.53. The summed E-state index contributed by atoms with van der Waals surface area (Å²) >= 11 is 5.93. The maximum absolute atomic E-state index is 5.93. The highest BCUT2D eigenvalue weighted by molar-refractivity contribution is 6.32. The van der Waals surface area contributed by atoms with Crippen LogP contribution < -0.4 is 4.74 Å². The van der Waals surface area contributed by atoms with Gasteiger partial charge >= 0.3 is 0 Å². The Balaban J connectivity index is 3.18. The zero-order valence-corrected chi connectivity index (χ0v) is 8.40. The molecule has 0 aliphatic heterocycles. The van der Waals surface area contributed by atoms with Gasteiger partial charge in [-0.3, -0.25) is 0 Å². The lowest BCUT2D eigenvalue weighted by atomic mass is 10.1. The van der Waals surface area contributed by atoms with Gasteiger partial charge in [-0.05, 0) is 36.6 Å². The van der Waals surface area contributed by atoms with Gasteiger partial charge in [0.25, 0.3) is 0 Å². The monoisotopic (exact) mass is 184 g/mol. The fraction of sp³-hybridized carbons (Fsp3) is 0.400. The van der Waals surface area contributed by atoms with E-state index in [0.717, 1.165) is 12.2 Å². The Hall–Kier alpha value is -0.690. The van der Waals surface area contributed by atoms with E-state index < -0.39 is 0 Å². The van der Waals surface area contributed by atoms with Crippen molar-refractivity contribution in [3.63, 3.8) is 0 Å². The van der Waals surface area contributed by atoms with E-state index in [4.69, 9.17) is 16.3 Å². The molecule has 0 saturated carbocycles. The van der Waals surface area contributed by atoms with Crippen molar-refractivity contribution in [1.29, 1.82) is 0 Å². The van der Waals surface area contributed by atoms with Crippen molar-refractivity contribution in [2.45, 2.75) is 20.3 Å². The minimum absolute atomic E-state index is 0.687. The molecule has 0 fully saturated rings. The Kier molecular flexibility index (Phi) is 2.99. The van der Waals surface area contributed by atoms with E-state index in [9.17, 15) is 0 Å². The molecular weight excluding hydrogens is 172 g/mol. The molecule has 2 heteroatoms. The van der Waals surface area contributed by atoms with Gasteiger partial charge in [0, 0.05) is 0 Å². The number of methoxy groups -OCH3 is 1. The maximum Gasteiger partial charge on any atom is 0.137 e. The van der Waals surface area contributed by atoms with Crippen molar-refractivity contribution in [3.05, 3.63) is 28.3 Å². The molecule has 0 atom stereocenters. The lowest BCUT2D eigenvalue weighted by Crippen LogP contribution is -1.90. The van der Waals surface area contributed by atoms with Crippen LogP contribution in [-0.4, -0.2) is 7.11 Å². The second kappa shape index (κ2) is 3.81. The van der Waals surface area contributed by atoms with Gasteiger partial charge in [-0.2, -0.15) is 0 Å². The van der Waals surface area contributed by atoms with E-state index in [0.29, 0.717) is 5.02 Å². The third-order valence-corrected chi connectivity index (χ3v) is 2.29. The number of rotatable bonds is 2. The highest BCUT2D eigenvalue weighted by Gasteiger charge is 2.03. The first kappa shape index (κ1) is 9.40. The van der Waals surface area contributed by atoms with Gasteiger partial charge < -0.3 is 4.74 Å². The van der Waals surface area contributed by atoms with Gasteiger partial charge in [-0.1, -0.05) is 18.5 Å². The third-order valence-electron chi connectivity index (χ3n) is 1.99. The van der Waals surface area contributed by atoms with Crippen LogP contribution in [0.1, 0.15) is 18.1 Å². The molecule has 1 aromatic carbocycles. The molecule has 0 aliphatic carbocycles. The average Bonchev–Trinajstić information content (AvgIpc) is 2.05. The molecule has 0 aliphatic rings. The summed E-state index contributed by atoms with van der Waals surface area (Å²) in [4.78, 5) is 0. The summed E-state index contributed by atoms with van der Waals surface area (Å²) in [6.45, 7) is 4.18. The highest BCUT2D eigenvalue weighted by atomic mass is 35.5. The maximum atomic E-state index is 5.93. The smallest absolute Gasteiger partial charge is 0.137 e. The summed E-state index contributed by atoms with van der Waals surface area (Å²) in [6.07, 6.45) is 1.01. The molecule has 0 unspecified atom stereocenters. The van der Waals surface area contributed by atoms with Crippen molar-refractivity contribution in [3.8, 4) is 5.75 Å². The SMILES string of the molecule is CCc1cc(OC)c(Cl)cc1C. The zero-order chi connectivity index (χ0) is 9.14. The number of hydrogen-bond donors (Lipinski definition) is 0. The molecule has 1 aromatic rings. The van der Waals surface area contributed by atoms with Crippen LogP contribution in [0, 0.1) is 6.92 Å². The molecule has 12 heavy (non-hydrogen) atoms. The van der Waals surface area contributed by atoms with Crippen LogP contribution in [0.25, 0.3) is 0 Å². The van der Waals surface area contributed by atoms with E-state index in [1.54, 1.807) is 7.11 Å². The largest absolute Gasteiger partial charge is 0.495 e. The van der Waals surface area contributed by atoms with Gasteiger partial charge in [0.2, 0.25) is 0 Å². The number of hydrogen-bond acceptors (Lipinski definition) is 1. The van der Waals surface area contributed by atoms with Crippen LogP contribution in [-0.2, 0) is 6.42 Å². The second-order valence-corrected chi connectivity index (χ2v) is 3.17. The van der Waals surface area contributed by atoms with Gasteiger partial charge in [0.15, 0.2) is 0 Å². The molecular formula is C10H13ClO. The fourth-order valence-electron chi connectivity index (χ4n) is 1.23. The molecule has 0 amide bonds. The standard InChI is InChI=1S/C10H13ClO/c1-4-8-6-10(12-3)9(11)5-7(8)2/h5-6H,4H2,1-3H3. The van der Waals surface area contributed by atoms with E-state index in [2.05, 4.69) is 13.8 Å².